The summed E-state index contributed by atoms with van der Waals surface area (Å²) in [6.45, 7) is 26.1. The van der Waals surface area contributed by atoms with Gasteiger partial charge in [0, 0.05) is 68.4 Å². The fraction of sp³-hybridized carbons (Fsp3) is 0.438. The minimum Gasteiger partial charge on any atom is -0.481 e. The van der Waals surface area contributed by atoms with Crippen molar-refractivity contribution in [2.45, 2.75) is 103 Å². The van der Waals surface area contributed by atoms with Gasteiger partial charge in [0.25, 0.3) is 5.91 Å². The number of unbranched alkanes of at least 4 members (excludes halogenated alkanes) is 3. The summed E-state index contributed by atoms with van der Waals surface area (Å²) < 4.78 is 5.92. The van der Waals surface area contributed by atoms with Gasteiger partial charge >= 0.3 is 11.9 Å². The Morgan fingerprint density at radius 3 is 2.22 bits per heavy atom. The third-order valence-electron chi connectivity index (χ3n) is 13.7. The van der Waals surface area contributed by atoms with E-state index < -0.39 is 11.9 Å². The van der Waals surface area contributed by atoms with Gasteiger partial charge in [0.2, 0.25) is 0 Å². The van der Waals surface area contributed by atoms with Gasteiger partial charge in [-0.2, -0.15) is 0 Å². The number of carboxylic acid groups (broad SMARTS) is 2. The molecule has 19 heteroatoms. The van der Waals surface area contributed by atoms with E-state index in [1.807, 2.05) is 78.7 Å². The lowest BCUT2D eigenvalue weighted by molar-refractivity contribution is -0.143. The Labute approximate surface area is 500 Å². The van der Waals surface area contributed by atoms with Crippen LogP contribution in [0.2, 0.25) is 0 Å². The molecule has 2 aliphatic rings. The van der Waals surface area contributed by atoms with Crippen LogP contribution in [0.4, 0.5) is 0 Å². The number of rotatable bonds is 32. The number of nitrogens with zero attached hydrogens (tertiary/aromatic N) is 5. The summed E-state index contributed by atoms with van der Waals surface area (Å²) in [5.74, 6) is 4.91. The van der Waals surface area contributed by atoms with Gasteiger partial charge in [-0.1, -0.05) is 93.8 Å². The van der Waals surface area contributed by atoms with Crippen LogP contribution in [0.5, 0.6) is 5.75 Å². The molecular weight excluding hydrogens is 1090 g/mol. The van der Waals surface area contributed by atoms with E-state index in [4.69, 9.17) is 14.9 Å². The standard InChI is InChI=1S/C45H56N5O3PS.C16H28N4O5.C2H4.CH4/c1-34-13-10-26-50(34)33-38-16-9-18-40(30-38)44(51)49-43(35(2)47-25-7-5-4-6-24-46-3)31-37-15-8-14-36(29-37)17-11-27-53-41-22-20-39(21-23-41)45(54-52)48-32-42-19-12-28-55-42;1-3-4-5-14(2)20-12-17(6-7-21)10-18(8-15(22)23)11-19(13-20)9-16(24)25;1-2;/h8-9,12,14-16,18-23,28-30,43,45-48,52,54H,1-2,4-7,10,13,24-27,31-33H2,3H3,(H,49,51);3,7,14H,1,4-6,8-13H2,2H3,(H,22,23)(H,24,25);1-2H2;1H4. The number of benzene rings is 3. The molecule has 4 unspecified atom stereocenters. The van der Waals surface area contributed by atoms with Crippen molar-refractivity contribution in [1.29, 1.82) is 0 Å². The quantitative estimate of drug-likeness (QED) is 0.00802. The van der Waals surface area contributed by atoms with Crippen LogP contribution in [-0.2, 0) is 33.9 Å². The Kier molecular flexibility index (Phi) is 34.7. The number of carbonyl (C=O) groups excluding carboxylic acids is 2. The molecule has 1 aromatic heterocycles. The first-order valence-electron chi connectivity index (χ1n) is 28.0. The molecule has 2 fully saturated rings. The Morgan fingerprint density at radius 2 is 1.57 bits per heavy atom. The lowest BCUT2D eigenvalue weighted by Crippen LogP contribution is -2.58. The Morgan fingerprint density at radius 1 is 0.880 bits per heavy atom. The maximum atomic E-state index is 13.7. The number of likely N-dealkylation sites (tertiary alicyclic amines) is 1. The molecule has 3 aromatic carbocycles. The molecule has 452 valence electrons. The van der Waals surface area contributed by atoms with Crippen molar-refractivity contribution in [3.8, 4) is 17.6 Å². The number of hydrogen-bond acceptors (Lipinski definition) is 15. The van der Waals surface area contributed by atoms with Gasteiger partial charge in [-0.3, -0.25) is 39.3 Å². The van der Waals surface area contributed by atoms with Crippen molar-refractivity contribution < 1.29 is 39.0 Å². The summed E-state index contributed by atoms with van der Waals surface area (Å²) in [4.78, 5) is 67.7. The highest BCUT2D eigenvalue weighted by molar-refractivity contribution is 7.31. The molecule has 0 saturated carbocycles. The number of carboxylic acids is 2. The number of ether oxygens (including phenoxy) is 1. The molecule has 0 spiro atoms. The molecule has 1 amide bonds. The fourth-order valence-corrected chi connectivity index (χ4v) is 10.6. The van der Waals surface area contributed by atoms with Crippen molar-refractivity contribution >= 4 is 44.3 Å². The van der Waals surface area contributed by atoms with E-state index in [0.29, 0.717) is 31.9 Å². The molecule has 83 heavy (non-hydrogen) atoms. The van der Waals surface area contributed by atoms with Crippen LogP contribution in [0, 0.1) is 11.8 Å². The van der Waals surface area contributed by atoms with Crippen LogP contribution >= 0.6 is 20.1 Å². The molecule has 0 radical (unpaired) electrons. The van der Waals surface area contributed by atoms with Crippen molar-refractivity contribution in [2.75, 3.05) is 79.6 Å². The first-order chi connectivity index (χ1) is 39.8. The monoisotopic (exact) mass is 1180 g/mol. The minimum absolute atomic E-state index is 0. The Bertz CT molecular complexity index is 2650. The number of carbonyl (C=O) groups is 4. The van der Waals surface area contributed by atoms with Gasteiger partial charge in [-0.25, -0.2) is 0 Å². The van der Waals surface area contributed by atoms with Gasteiger partial charge in [0.1, 0.15) is 18.6 Å². The third kappa shape index (κ3) is 27.2. The molecule has 2 saturated heterocycles. The van der Waals surface area contributed by atoms with Gasteiger partial charge in [0.05, 0.1) is 58.1 Å². The highest BCUT2D eigenvalue weighted by atomic mass is 32.1. The predicted molar refractivity (Wildman–Crippen MR) is 339 cm³/mol. The van der Waals surface area contributed by atoms with E-state index in [1.165, 1.54) is 17.7 Å². The van der Waals surface area contributed by atoms with Crippen molar-refractivity contribution in [3.63, 3.8) is 0 Å². The molecule has 6 rings (SSSR count). The van der Waals surface area contributed by atoms with Crippen LogP contribution in [0.1, 0.15) is 109 Å². The zero-order valence-corrected chi connectivity index (χ0v) is 50.0. The lowest BCUT2D eigenvalue weighted by Gasteiger charge is -2.43. The van der Waals surface area contributed by atoms with E-state index in [2.05, 4.69) is 112 Å². The summed E-state index contributed by atoms with van der Waals surface area (Å²) in [6.07, 6.45) is 11.6. The van der Waals surface area contributed by atoms with Crippen molar-refractivity contribution in [2.24, 2.45) is 0 Å². The van der Waals surface area contributed by atoms with Crippen LogP contribution in [0.25, 0.3) is 0 Å². The average Bonchev–Trinajstić information content (AvgIpc) is 4.25. The van der Waals surface area contributed by atoms with Crippen LogP contribution in [0.15, 0.2) is 141 Å². The fourth-order valence-electron chi connectivity index (χ4n) is 9.43. The van der Waals surface area contributed by atoms with Crippen LogP contribution in [-0.4, -0.2) is 155 Å². The molecule has 7 N–H and O–H groups in total. The molecule has 4 atom stereocenters. The normalized spacial score (nSPS) is 15.1. The summed E-state index contributed by atoms with van der Waals surface area (Å²) in [5, 5.41) is 33.7. The van der Waals surface area contributed by atoms with E-state index in [1.54, 1.807) is 21.1 Å². The van der Waals surface area contributed by atoms with E-state index in [9.17, 15) is 24.1 Å². The number of thiophene rings is 1. The second kappa shape index (κ2) is 40.7. The highest BCUT2D eigenvalue weighted by Gasteiger charge is 2.28. The number of allylic oxidation sites excluding steroid dienone is 2. The van der Waals surface area contributed by atoms with Gasteiger partial charge in [0.15, 0.2) is 0 Å². The van der Waals surface area contributed by atoms with Gasteiger partial charge < -0.3 is 45.5 Å². The van der Waals surface area contributed by atoms with Crippen LogP contribution in [0.3, 0.4) is 0 Å². The number of aldehydes is 1. The Hall–Kier alpha value is -6.49. The van der Waals surface area contributed by atoms with Crippen molar-refractivity contribution in [3.05, 3.63) is 173 Å². The maximum absolute atomic E-state index is 13.7. The molecule has 17 nitrogen and oxygen atoms in total. The largest absolute Gasteiger partial charge is 0.481 e. The molecular formula is C64H92N9O8PS. The third-order valence-corrected chi connectivity index (χ3v) is 15.3. The zero-order valence-electron chi connectivity index (χ0n) is 48.2. The van der Waals surface area contributed by atoms with Crippen LogP contribution < -0.4 is 26.0 Å². The maximum Gasteiger partial charge on any atom is 0.317 e. The summed E-state index contributed by atoms with van der Waals surface area (Å²) in [7, 11) is 1.74. The lowest BCUT2D eigenvalue weighted by atomic mass is 10.0. The van der Waals surface area contributed by atoms with E-state index >= 15 is 0 Å². The second-order valence-electron chi connectivity index (χ2n) is 20.2. The average molecular weight is 1180 g/mol. The molecule has 0 aliphatic carbocycles. The molecule has 4 aromatic rings. The topological polar surface area (TPSA) is 203 Å². The predicted octanol–water partition coefficient (Wildman–Crippen LogP) is 9.09. The SMILES string of the molecule is C.C=C.C=C(NCCCCCCNC)C(Cc1cccc(C#CCOc2ccc(C(NCc3cccs3)PO)cc2)c1)NC(=O)c1cccc(CN2CCCC2=C)c1.C=CCCC(C)N1CN(CC=O)CN(CC(=O)O)CN(CC(=O)O)C1. The van der Waals surface area contributed by atoms with E-state index in [0.717, 1.165) is 110 Å². The van der Waals surface area contributed by atoms with Crippen molar-refractivity contribution in [1.82, 2.24) is 45.8 Å². The Balaban J connectivity index is 0.000000542. The van der Waals surface area contributed by atoms with E-state index in [-0.39, 0.29) is 79.6 Å². The molecule has 0 bridgehead atoms. The highest BCUT2D eigenvalue weighted by Crippen LogP contribution is 2.30. The molecule has 3 heterocycles. The smallest absolute Gasteiger partial charge is 0.317 e. The zero-order chi connectivity index (χ0) is 59.5. The molecule has 2 aliphatic heterocycles. The number of hydrogen-bond donors (Lipinski definition) is 7. The van der Waals surface area contributed by atoms with Gasteiger partial charge in [-0.05, 0) is 130 Å². The summed E-state index contributed by atoms with van der Waals surface area (Å²) in [6, 6.07) is 27.8. The summed E-state index contributed by atoms with van der Waals surface area (Å²) in [5.41, 5.74) is 6.64. The minimum atomic E-state index is -0.988. The number of amides is 1. The van der Waals surface area contributed by atoms with Gasteiger partial charge in [-0.15, -0.1) is 31.1 Å². The first-order valence-corrected chi connectivity index (χ1v) is 29.9. The second-order valence-corrected chi connectivity index (χ2v) is 22.1. The first kappa shape index (κ1) is 70.8. The number of aliphatic carboxylic acids is 2. The summed E-state index contributed by atoms with van der Waals surface area (Å²) >= 11 is 1.70. The number of nitrogens with one attached hydrogen (secondary N) is 4.